The third kappa shape index (κ3) is 8.32. The molecule has 0 aliphatic rings. The summed E-state index contributed by atoms with van der Waals surface area (Å²) < 4.78 is 32.4. The first-order chi connectivity index (χ1) is 13.3. The van der Waals surface area contributed by atoms with Gasteiger partial charge in [0, 0.05) is 0 Å². The molecule has 0 unspecified atom stereocenters. The molecule has 0 saturated carbocycles. The number of ether oxygens (including phenoxy) is 1. The molecule has 0 spiro atoms. The van der Waals surface area contributed by atoms with E-state index in [4.69, 9.17) is 8.92 Å². The van der Waals surface area contributed by atoms with Gasteiger partial charge in [-0.3, -0.25) is 13.8 Å². The molecular formula is C20H23NO6S. The van der Waals surface area contributed by atoms with Gasteiger partial charge in [-0.25, -0.2) is 0 Å². The van der Waals surface area contributed by atoms with Gasteiger partial charge < -0.3 is 10.1 Å². The first kappa shape index (κ1) is 21.6. The average Bonchev–Trinajstić information content (AvgIpc) is 2.68. The van der Waals surface area contributed by atoms with E-state index in [9.17, 15) is 18.0 Å². The summed E-state index contributed by atoms with van der Waals surface area (Å²) in [5.74, 6) is -1.83. The summed E-state index contributed by atoms with van der Waals surface area (Å²) in [5, 5.41) is 2.49. The van der Waals surface area contributed by atoms with E-state index in [2.05, 4.69) is 5.32 Å². The van der Waals surface area contributed by atoms with Gasteiger partial charge in [0.25, 0.3) is 10.1 Å². The predicted octanol–water partition coefficient (Wildman–Crippen LogP) is 1.68. The smallest absolute Gasteiger partial charge is 0.325 e. The molecular weight excluding hydrogens is 382 g/mol. The summed E-state index contributed by atoms with van der Waals surface area (Å²) in [4.78, 5) is 24.3. The quantitative estimate of drug-likeness (QED) is 0.477. The van der Waals surface area contributed by atoms with Gasteiger partial charge in [-0.2, -0.15) is 8.42 Å². The molecule has 28 heavy (non-hydrogen) atoms. The lowest BCUT2D eigenvalue weighted by atomic mass is 9.99. The second-order valence-corrected chi connectivity index (χ2v) is 7.88. The van der Waals surface area contributed by atoms with Crippen LogP contribution in [0.5, 0.6) is 0 Å². The van der Waals surface area contributed by atoms with Gasteiger partial charge in [0.2, 0.25) is 5.91 Å². The Labute approximate surface area is 164 Å². The fourth-order valence-corrected chi connectivity index (χ4v) is 2.84. The highest BCUT2D eigenvalue weighted by atomic mass is 32.2. The van der Waals surface area contributed by atoms with Gasteiger partial charge in [-0.05, 0) is 17.5 Å². The normalized spacial score (nSPS) is 12.2. The number of esters is 1. The van der Waals surface area contributed by atoms with E-state index in [1.807, 2.05) is 60.7 Å². The van der Waals surface area contributed by atoms with Crippen LogP contribution >= 0.6 is 0 Å². The van der Waals surface area contributed by atoms with Gasteiger partial charge in [-0.1, -0.05) is 60.7 Å². The molecule has 150 valence electrons. The standard InChI is InChI=1S/C20H23NO6S/c1-28(24,25)27-15-18(12-16-8-4-2-5-9-16)20(23)21-13-19(22)26-14-17-10-6-3-7-11-17/h2-11,18H,12-15H2,1H3,(H,21,23)/t18-/m0/s1. The lowest BCUT2D eigenvalue weighted by Gasteiger charge is -2.16. The van der Waals surface area contributed by atoms with Crippen LogP contribution in [-0.2, 0) is 41.7 Å². The number of nitrogens with one attached hydrogen (secondary N) is 1. The third-order valence-electron chi connectivity index (χ3n) is 3.83. The van der Waals surface area contributed by atoms with Crippen LogP contribution in [0.15, 0.2) is 60.7 Å². The van der Waals surface area contributed by atoms with Crippen molar-refractivity contribution >= 4 is 22.0 Å². The minimum Gasteiger partial charge on any atom is -0.460 e. The number of benzene rings is 2. The Bertz CT molecular complexity index is 868. The molecule has 0 radical (unpaired) electrons. The molecule has 0 bridgehead atoms. The van der Waals surface area contributed by atoms with Crippen LogP contribution in [0.3, 0.4) is 0 Å². The maximum Gasteiger partial charge on any atom is 0.325 e. The molecule has 7 nitrogen and oxygen atoms in total. The number of carbonyl (C=O) groups excluding carboxylic acids is 2. The van der Waals surface area contributed by atoms with Crippen molar-refractivity contribution in [2.45, 2.75) is 13.0 Å². The fourth-order valence-electron chi connectivity index (χ4n) is 2.42. The Morgan fingerprint density at radius 1 is 0.964 bits per heavy atom. The van der Waals surface area contributed by atoms with Crippen LogP contribution in [0, 0.1) is 5.92 Å². The van der Waals surface area contributed by atoms with Crippen molar-refractivity contribution in [3.63, 3.8) is 0 Å². The lowest BCUT2D eigenvalue weighted by molar-refractivity contribution is -0.145. The van der Waals surface area contributed by atoms with Crippen LogP contribution in [0.4, 0.5) is 0 Å². The number of carbonyl (C=O) groups is 2. The van der Waals surface area contributed by atoms with Gasteiger partial charge in [0.05, 0.1) is 18.8 Å². The molecule has 0 aliphatic carbocycles. The summed E-state index contributed by atoms with van der Waals surface area (Å²) >= 11 is 0. The highest BCUT2D eigenvalue weighted by Gasteiger charge is 2.22. The number of rotatable bonds is 10. The van der Waals surface area contributed by atoms with Crippen LogP contribution in [0.25, 0.3) is 0 Å². The molecule has 0 fully saturated rings. The zero-order chi connectivity index (χ0) is 20.4. The van der Waals surface area contributed by atoms with E-state index in [-0.39, 0.29) is 26.2 Å². The summed E-state index contributed by atoms with van der Waals surface area (Å²) in [6.45, 7) is -0.505. The molecule has 2 aromatic carbocycles. The van der Waals surface area contributed by atoms with Crippen LogP contribution in [0.2, 0.25) is 0 Å². The Kier molecular flexibility index (Phi) is 8.16. The van der Waals surface area contributed by atoms with Crippen molar-refractivity contribution in [2.24, 2.45) is 5.92 Å². The van der Waals surface area contributed by atoms with E-state index in [1.165, 1.54) is 0 Å². The van der Waals surface area contributed by atoms with Gasteiger partial charge in [-0.15, -0.1) is 0 Å². The number of hydrogen-bond donors (Lipinski definition) is 1. The molecule has 8 heteroatoms. The van der Waals surface area contributed by atoms with E-state index in [0.29, 0.717) is 0 Å². The van der Waals surface area contributed by atoms with Gasteiger partial charge >= 0.3 is 5.97 Å². The molecule has 1 atom stereocenters. The van der Waals surface area contributed by atoms with E-state index in [0.717, 1.165) is 17.4 Å². The highest BCUT2D eigenvalue weighted by molar-refractivity contribution is 7.85. The number of amides is 1. The van der Waals surface area contributed by atoms with E-state index < -0.39 is 27.9 Å². The van der Waals surface area contributed by atoms with E-state index in [1.54, 1.807) is 0 Å². The SMILES string of the molecule is CS(=O)(=O)OC[C@H](Cc1ccccc1)C(=O)NCC(=O)OCc1ccccc1. The Morgan fingerprint density at radius 2 is 1.54 bits per heavy atom. The summed E-state index contributed by atoms with van der Waals surface area (Å²) in [5.41, 5.74) is 1.69. The molecule has 0 saturated heterocycles. The minimum atomic E-state index is -3.69. The molecule has 2 aromatic rings. The van der Waals surface area contributed by atoms with Crippen molar-refractivity contribution in [3.8, 4) is 0 Å². The summed E-state index contributed by atoms with van der Waals surface area (Å²) in [7, 11) is -3.69. The predicted molar refractivity (Wildman–Crippen MR) is 104 cm³/mol. The fraction of sp³-hybridized carbons (Fsp3) is 0.300. The first-order valence-corrected chi connectivity index (χ1v) is 10.5. The molecule has 0 heterocycles. The molecule has 0 aromatic heterocycles. The van der Waals surface area contributed by atoms with Crippen LogP contribution in [0.1, 0.15) is 11.1 Å². The molecule has 0 aliphatic heterocycles. The van der Waals surface area contributed by atoms with Crippen molar-refractivity contribution < 1.29 is 26.9 Å². The second-order valence-electron chi connectivity index (χ2n) is 6.24. The first-order valence-electron chi connectivity index (χ1n) is 8.69. The average molecular weight is 405 g/mol. The topological polar surface area (TPSA) is 98.8 Å². The maximum absolute atomic E-state index is 12.4. The lowest BCUT2D eigenvalue weighted by Crippen LogP contribution is -2.38. The zero-order valence-electron chi connectivity index (χ0n) is 15.5. The molecule has 1 amide bonds. The van der Waals surface area contributed by atoms with Crippen molar-refractivity contribution in [1.29, 1.82) is 0 Å². The van der Waals surface area contributed by atoms with Gasteiger partial charge in [0.1, 0.15) is 13.2 Å². The number of hydrogen-bond acceptors (Lipinski definition) is 6. The monoisotopic (exact) mass is 405 g/mol. The summed E-state index contributed by atoms with van der Waals surface area (Å²) in [6.07, 6.45) is 1.20. The maximum atomic E-state index is 12.4. The van der Waals surface area contributed by atoms with Crippen LogP contribution < -0.4 is 5.32 Å². The zero-order valence-corrected chi connectivity index (χ0v) is 16.4. The molecule has 2 rings (SSSR count). The third-order valence-corrected chi connectivity index (χ3v) is 4.39. The van der Waals surface area contributed by atoms with E-state index >= 15 is 0 Å². The Hall–Kier alpha value is -2.71. The van der Waals surface area contributed by atoms with Crippen molar-refractivity contribution in [1.82, 2.24) is 5.32 Å². The Balaban J connectivity index is 1.88. The van der Waals surface area contributed by atoms with Crippen molar-refractivity contribution in [3.05, 3.63) is 71.8 Å². The molecule has 1 N–H and O–H groups in total. The second kappa shape index (κ2) is 10.6. The van der Waals surface area contributed by atoms with Gasteiger partial charge in [0.15, 0.2) is 0 Å². The summed E-state index contributed by atoms with van der Waals surface area (Å²) in [6, 6.07) is 18.3. The largest absolute Gasteiger partial charge is 0.460 e. The van der Waals surface area contributed by atoms with Crippen molar-refractivity contribution in [2.75, 3.05) is 19.4 Å². The highest BCUT2D eigenvalue weighted by Crippen LogP contribution is 2.11. The van der Waals surface area contributed by atoms with Crippen LogP contribution in [-0.4, -0.2) is 39.7 Å². The minimum absolute atomic E-state index is 0.111. The Morgan fingerprint density at radius 3 is 2.11 bits per heavy atom.